The van der Waals surface area contributed by atoms with Crippen LogP contribution in [0.15, 0.2) is 0 Å². The second kappa shape index (κ2) is 4.07. The fourth-order valence-electron chi connectivity index (χ4n) is 1.59. The summed E-state index contributed by atoms with van der Waals surface area (Å²) in [4.78, 5) is 0. The zero-order valence-electron chi connectivity index (χ0n) is 8.75. The average molecular weight is 204 g/mol. The molecule has 0 aromatic heterocycles. The fourth-order valence-corrected chi connectivity index (χ4v) is 3.23. The lowest BCUT2D eigenvalue weighted by atomic mass is 10.1. The lowest BCUT2D eigenvalue weighted by Gasteiger charge is -2.32. The Hall–Kier alpha value is 0.0700. The molecule has 0 aliphatic carbocycles. The van der Waals surface area contributed by atoms with Gasteiger partial charge in [0, 0.05) is 33.9 Å². The van der Waals surface area contributed by atoms with Gasteiger partial charge in [0.05, 0.1) is 0 Å². The predicted molar refractivity (Wildman–Crippen MR) is 56.7 cm³/mol. The maximum absolute atomic E-state index is 12.0. The molecule has 1 heterocycles. The van der Waals surface area contributed by atoms with Gasteiger partial charge in [-0.3, -0.25) is 10.1 Å². The molecule has 1 aliphatic heterocycles. The van der Waals surface area contributed by atoms with E-state index < -0.39 is 10.8 Å². The van der Waals surface area contributed by atoms with Crippen molar-refractivity contribution >= 4 is 10.8 Å². The Balaban J connectivity index is 2.50. The number of hydrogen-bond acceptors (Lipinski definition) is 3. The van der Waals surface area contributed by atoms with Crippen LogP contribution in [0.3, 0.4) is 0 Å². The van der Waals surface area contributed by atoms with E-state index in [4.69, 9.17) is 5.84 Å². The summed E-state index contributed by atoms with van der Waals surface area (Å²) in [5, 5.41) is 2.16. The van der Waals surface area contributed by atoms with Crippen molar-refractivity contribution in [3.05, 3.63) is 0 Å². The quantitative estimate of drug-likeness (QED) is 0.645. The van der Waals surface area contributed by atoms with E-state index in [1.54, 1.807) is 0 Å². The van der Waals surface area contributed by atoms with Gasteiger partial charge >= 0.3 is 0 Å². The highest BCUT2D eigenvalue weighted by Gasteiger charge is 2.30. The molecule has 0 aromatic rings. The van der Waals surface area contributed by atoms with E-state index in [1.165, 1.54) is 0 Å². The Kier molecular flexibility index (Phi) is 3.49. The van der Waals surface area contributed by atoms with Gasteiger partial charge in [0.2, 0.25) is 0 Å². The number of hydrogen-bond donors (Lipinski definition) is 1. The molecule has 13 heavy (non-hydrogen) atoms. The molecule has 0 bridgehead atoms. The molecule has 0 radical (unpaired) electrons. The van der Waals surface area contributed by atoms with Crippen LogP contribution >= 0.6 is 0 Å². The fraction of sp³-hybridized carbons (Fsp3) is 1.00. The molecule has 1 unspecified atom stereocenters. The van der Waals surface area contributed by atoms with Gasteiger partial charge in [-0.15, -0.1) is 0 Å². The SMILES string of the molecule is CC(C)(C)S(=O)C1CCN(N)CC1. The number of piperidine rings is 1. The minimum Gasteiger partial charge on any atom is -0.269 e. The van der Waals surface area contributed by atoms with Crippen LogP contribution in [0.2, 0.25) is 0 Å². The first-order valence-electron chi connectivity index (χ1n) is 4.81. The molecule has 0 saturated carbocycles. The third kappa shape index (κ3) is 3.04. The molecular weight excluding hydrogens is 184 g/mol. The molecule has 1 fully saturated rings. The zero-order chi connectivity index (χ0) is 10.1. The van der Waals surface area contributed by atoms with Crippen LogP contribution in [-0.4, -0.2) is 32.3 Å². The first-order chi connectivity index (χ1) is 5.91. The Labute approximate surface area is 83.1 Å². The largest absolute Gasteiger partial charge is 0.269 e. The van der Waals surface area contributed by atoms with Crippen molar-refractivity contribution in [2.75, 3.05) is 13.1 Å². The number of hydrazine groups is 1. The molecular formula is C9H20N2OS. The average Bonchev–Trinajstić information content (AvgIpc) is 2.03. The highest BCUT2D eigenvalue weighted by molar-refractivity contribution is 7.87. The second-order valence-electron chi connectivity index (χ2n) is 4.65. The summed E-state index contributed by atoms with van der Waals surface area (Å²) in [6.45, 7) is 7.88. The van der Waals surface area contributed by atoms with Crippen molar-refractivity contribution < 1.29 is 4.21 Å². The molecule has 4 heteroatoms. The van der Waals surface area contributed by atoms with Gasteiger partial charge in [0.25, 0.3) is 0 Å². The maximum atomic E-state index is 12.0. The minimum atomic E-state index is -0.721. The third-order valence-electron chi connectivity index (χ3n) is 2.38. The molecule has 2 N–H and O–H groups in total. The summed E-state index contributed by atoms with van der Waals surface area (Å²) in [5.41, 5.74) is 0. The Morgan fingerprint density at radius 1 is 1.31 bits per heavy atom. The molecule has 1 rings (SSSR count). The van der Waals surface area contributed by atoms with Gasteiger partial charge in [-0.2, -0.15) is 0 Å². The van der Waals surface area contributed by atoms with Crippen LogP contribution in [0.1, 0.15) is 33.6 Å². The summed E-state index contributed by atoms with van der Waals surface area (Å²) < 4.78 is 11.9. The highest BCUT2D eigenvalue weighted by Crippen LogP contribution is 2.22. The van der Waals surface area contributed by atoms with Gasteiger partial charge in [0.1, 0.15) is 0 Å². The lowest BCUT2D eigenvalue weighted by molar-refractivity contribution is 0.237. The minimum absolute atomic E-state index is 0.0819. The van der Waals surface area contributed by atoms with Crippen LogP contribution in [0.25, 0.3) is 0 Å². The summed E-state index contributed by atoms with van der Waals surface area (Å²) in [7, 11) is -0.721. The smallest absolute Gasteiger partial charge is 0.0378 e. The normalized spacial score (nSPS) is 24.6. The van der Waals surface area contributed by atoms with Crippen molar-refractivity contribution in [1.29, 1.82) is 0 Å². The van der Waals surface area contributed by atoms with Crippen LogP contribution < -0.4 is 5.84 Å². The highest BCUT2D eigenvalue weighted by atomic mass is 32.2. The number of nitrogens with zero attached hydrogens (tertiary/aromatic N) is 1. The summed E-state index contributed by atoms with van der Waals surface area (Å²) in [5.74, 6) is 5.64. The monoisotopic (exact) mass is 204 g/mol. The van der Waals surface area contributed by atoms with Crippen molar-refractivity contribution in [2.24, 2.45) is 5.84 Å². The van der Waals surface area contributed by atoms with Crippen molar-refractivity contribution in [1.82, 2.24) is 5.01 Å². The third-order valence-corrected chi connectivity index (χ3v) is 4.67. The van der Waals surface area contributed by atoms with Crippen molar-refractivity contribution in [3.63, 3.8) is 0 Å². The van der Waals surface area contributed by atoms with Crippen LogP contribution in [0.5, 0.6) is 0 Å². The van der Waals surface area contributed by atoms with Gasteiger partial charge in [-0.25, -0.2) is 5.01 Å². The molecule has 3 nitrogen and oxygen atoms in total. The first kappa shape index (κ1) is 11.1. The van der Waals surface area contributed by atoms with E-state index in [0.29, 0.717) is 5.25 Å². The lowest BCUT2D eigenvalue weighted by Crippen LogP contribution is -2.44. The molecule has 1 saturated heterocycles. The van der Waals surface area contributed by atoms with Crippen LogP contribution in [0, 0.1) is 0 Å². The Morgan fingerprint density at radius 2 is 1.77 bits per heavy atom. The molecule has 0 spiro atoms. The van der Waals surface area contributed by atoms with E-state index in [2.05, 4.69) is 0 Å². The molecule has 1 atom stereocenters. The van der Waals surface area contributed by atoms with Crippen LogP contribution in [-0.2, 0) is 10.8 Å². The maximum Gasteiger partial charge on any atom is 0.0378 e. The van der Waals surface area contributed by atoms with Gasteiger partial charge in [-0.05, 0) is 33.6 Å². The summed E-state index contributed by atoms with van der Waals surface area (Å²) in [6, 6.07) is 0. The van der Waals surface area contributed by atoms with Crippen molar-refractivity contribution in [3.8, 4) is 0 Å². The number of rotatable bonds is 1. The van der Waals surface area contributed by atoms with Crippen molar-refractivity contribution in [2.45, 2.75) is 43.6 Å². The zero-order valence-corrected chi connectivity index (χ0v) is 9.56. The topological polar surface area (TPSA) is 46.3 Å². The molecule has 0 aromatic carbocycles. The van der Waals surface area contributed by atoms with Gasteiger partial charge in [0.15, 0.2) is 0 Å². The second-order valence-corrected chi connectivity index (χ2v) is 7.13. The predicted octanol–water partition coefficient (Wildman–Crippen LogP) is 0.872. The van der Waals surface area contributed by atoms with Gasteiger partial charge in [-0.1, -0.05) is 0 Å². The number of nitrogens with two attached hydrogens (primary N) is 1. The van der Waals surface area contributed by atoms with E-state index in [9.17, 15) is 4.21 Å². The molecule has 78 valence electrons. The summed E-state index contributed by atoms with van der Waals surface area (Å²) in [6.07, 6.45) is 1.95. The first-order valence-corrected chi connectivity index (χ1v) is 6.03. The van der Waals surface area contributed by atoms with E-state index in [-0.39, 0.29) is 4.75 Å². The molecule has 1 aliphatic rings. The Bertz CT molecular complexity index is 192. The summed E-state index contributed by atoms with van der Waals surface area (Å²) >= 11 is 0. The molecule has 0 amide bonds. The van der Waals surface area contributed by atoms with Gasteiger partial charge < -0.3 is 0 Å². The van der Waals surface area contributed by atoms with E-state index >= 15 is 0 Å². The van der Waals surface area contributed by atoms with E-state index in [0.717, 1.165) is 25.9 Å². The van der Waals surface area contributed by atoms with E-state index in [1.807, 2.05) is 25.8 Å². The van der Waals surface area contributed by atoms with Crippen LogP contribution in [0.4, 0.5) is 0 Å². The standard InChI is InChI=1S/C9H20N2OS/c1-9(2,3)13(12)8-4-6-11(10)7-5-8/h8H,4-7,10H2,1-3H3. The Morgan fingerprint density at radius 3 is 2.15 bits per heavy atom.